The minimum atomic E-state index is -0.291. The summed E-state index contributed by atoms with van der Waals surface area (Å²) < 4.78 is 0. The van der Waals surface area contributed by atoms with E-state index in [0.29, 0.717) is 0 Å². The molecule has 6 rings (SSSR count). The zero-order chi connectivity index (χ0) is 34.8. The molecule has 1 aromatic rings. The van der Waals surface area contributed by atoms with Crippen LogP contribution in [0.1, 0.15) is 169 Å². The highest BCUT2D eigenvalue weighted by Gasteiger charge is 2.57. The van der Waals surface area contributed by atoms with Gasteiger partial charge in [-0.05, 0) is 98.8 Å². The fraction of sp³-hybridized carbons (Fsp3) is 0.875. The highest BCUT2D eigenvalue weighted by Crippen LogP contribution is 2.51. The Hall–Kier alpha value is -1.97. The van der Waals surface area contributed by atoms with Crippen molar-refractivity contribution in [1.82, 2.24) is 25.1 Å². The summed E-state index contributed by atoms with van der Waals surface area (Å²) in [6, 6.07) is 0.493. The molecule has 2 saturated heterocycles. The number of hydroxylamine groups is 4. The molecule has 2 saturated carbocycles. The Labute approximate surface area is 298 Å². The van der Waals surface area contributed by atoms with Crippen molar-refractivity contribution in [2.75, 3.05) is 22.9 Å². The van der Waals surface area contributed by atoms with Crippen molar-refractivity contribution < 1.29 is 9.68 Å². The summed E-state index contributed by atoms with van der Waals surface area (Å²) in [6.45, 7) is 23.1. The first-order valence-corrected chi connectivity index (χ1v) is 20.3. The van der Waals surface area contributed by atoms with Gasteiger partial charge in [0.15, 0.2) is 0 Å². The van der Waals surface area contributed by atoms with E-state index in [-0.39, 0.29) is 40.9 Å². The van der Waals surface area contributed by atoms with Crippen LogP contribution in [0.15, 0.2) is 12.3 Å². The summed E-state index contributed by atoms with van der Waals surface area (Å²) in [4.78, 5) is 35.0. The molecule has 9 heteroatoms. The second kappa shape index (κ2) is 15.3. The first-order valence-electron chi connectivity index (χ1n) is 20.3. The Morgan fingerprint density at radius 3 is 1.80 bits per heavy atom. The van der Waals surface area contributed by atoms with Gasteiger partial charge in [0.2, 0.25) is 11.9 Å². The maximum Gasteiger partial charge on any atom is 0.230 e. The van der Waals surface area contributed by atoms with Gasteiger partial charge in [0.05, 0.1) is 17.7 Å². The van der Waals surface area contributed by atoms with E-state index in [1.807, 2.05) is 0 Å². The normalized spacial score (nSPS) is 31.8. The van der Waals surface area contributed by atoms with Gasteiger partial charge in [0.1, 0.15) is 5.82 Å². The van der Waals surface area contributed by atoms with Crippen molar-refractivity contribution in [3.63, 3.8) is 0 Å². The molecule has 2 aliphatic carbocycles. The van der Waals surface area contributed by atoms with Crippen LogP contribution >= 0.6 is 0 Å². The van der Waals surface area contributed by atoms with E-state index in [4.69, 9.17) is 31.2 Å². The third-order valence-electron chi connectivity index (χ3n) is 12.4. The summed E-state index contributed by atoms with van der Waals surface area (Å²) >= 11 is 0. The minimum Gasteiger partial charge on any atom is -0.338 e. The molecular weight excluding hydrogens is 610 g/mol. The molecule has 49 heavy (non-hydrogen) atoms. The van der Waals surface area contributed by atoms with Crippen LogP contribution in [0, 0.1) is 6.92 Å². The number of hydrogen-bond donors (Lipinski definition) is 0. The molecule has 6 bridgehead atoms. The topological polar surface area (TPSA) is 70.1 Å². The van der Waals surface area contributed by atoms with Crippen molar-refractivity contribution in [2.24, 2.45) is 0 Å². The van der Waals surface area contributed by atoms with E-state index in [1.54, 1.807) is 0 Å². The fourth-order valence-electron chi connectivity index (χ4n) is 10.4. The van der Waals surface area contributed by atoms with Crippen molar-refractivity contribution >= 4 is 11.9 Å². The van der Waals surface area contributed by atoms with Gasteiger partial charge in [0, 0.05) is 48.4 Å². The molecule has 0 radical (unpaired) electrons. The third kappa shape index (κ3) is 8.09. The lowest BCUT2D eigenvalue weighted by molar-refractivity contribution is -0.327. The smallest absolute Gasteiger partial charge is 0.230 e. The number of hydrogen-bond acceptors (Lipinski definition) is 9. The molecule has 4 unspecified atom stereocenters. The number of aromatic nitrogens is 3. The highest BCUT2D eigenvalue weighted by molar-refractivity contribution is 5.43. The molecule has 3 aliphatic heterocycles. The first-order chi connectivity index (χ1) is 23.4. The monoisotopic (exact) mass is 680 g/mol. The Morgan fingerprint density at radius 1 is 0.694 bits per heavy atom. The maximum atomic E-state index is 7.29. The third-order valence-corrected chi connectivity index (χ3v) is 12.4. The van der Waals surface area contributed by atoms with Gasteiger partial charge in [-0.3, -0.25) is 14.7 Å². The van der Waals surface area contributed by atoms with E-state index < -0.39 is 0 Å². The summed E-state index contributed by atoms with van der Waals surface area (Å²) in [7, 11) is 0. The number of aryl methyl sites for hydroxylation is 1. The van der Waals surface area contributed by atoms with E-state index in [0.717, 1.165) is 120 Å². The molecule has 4 fully saturated rings. The van der Waals surface area contributed by atoms with Gasteiger partial charge in [-0.1, -0.05) is 71.8 Å². The summed E-state index contributed by atoms with van der Waals surface area (Å²) in [6.07, 6.45) is 22.0. The highest BCUT2D eigenvalue weighted by atomic mass is 16.7. The number of piperidine rings is 2. The lowest BCUT2D eigenvalue weighted by atomic mass is 9.69. The van der Waals surface area contributed by atoms with Crippen LogP contribution in [0.2, 0.25) is 0 Å². The molecular formula is C40H69N7O2. The number of unbranched alkanes of at least 4 members (excludes halogenated alkanes) is 2. The van der Waals surface area contributed by atoms with Crippen LogP contribution < -0.4 is 9.80 Å². The van der Waals surface area contributed by atoms with Crippen molar-refractivity contribution in [3.8, 4) is 0 Å². The lowest BCUT2D eigenvalue weighted by Gasteiger charge is -2.61. The molecule has 0 spiro atoms. The average molecular weight is 680 g/mol. The Balaban J connectivity index is 1.49. The lowest BCUT2D eigenvalue weighted by Crippen LogP contribution is -2.69. The van der Waals surface area contributed by atoms with Crippen LogP contribution in [0.3, 0.4) is 0 Å². The molecule has 4 heterocycles. The largest absolute Gasteiger partial charge is 0.338 e. The van der Waals surface area contributed by atoms with Crippen LogP contribution in [-0.4, -0.2) is 79.1 Å². The van der Waals surface area contributed by atoms with Crippen LogP contribution in [0.5, 0.6) is 0 Å². The predicted molar refractivity (Wildman–Crippen MR) is 199 cm³/mol. The van der Waals surface area contributed by atoms with Crippen molar-refractivity contribution in [1.29, 1.82) is 0 Å². The number of anilines is 2. The Kier molecular flexibility index (Phi) is 11.5. The van der Waals surface area contributed by atoms with Crippen LogP contribution in [-0.2, 0) is 9.68 Å². The number of fused-ring (bicyclic) bond motifs is 6. The average Bonchev–Trinajstić information content (AvgIpc) is 3.05. The van der Waals surface area contributed by atoms with Gasteiger partial charge >= 0.3 is 0 Å². The second-order valence-electron chi connectivity index (χ2n) is 17.6. The van der Waals surface area contributed by atoms with E-state index in [2.05, 4.69) is 68.4 Å². The van der Waals surface area contributed by atoms with Gasteiger partial charge < -0.3 is 9.80 Å². The molecule has 0 aromatic carbocycles. The van der Waals surface area contributed by atoms with Gasteiger partial charge in [-0.15, -0.1) is 0 Å². The molecule has 5 aliphatic rings. The SMILES string of the molecule is C=C1CC2CC(C)(CC3(C)CC(CC(C)(C)N3OC3CCCCC3)N(CCCC)c3nc(C)nc(n3)N2CCCC)N1OC1CCCCC1. The molecule has 1 aromatic heterocycles. The number of rotatable bonds is 10. The van der Waals surface area contributed by atoms with Crippen molar-refractivity contribution in [2.45, 2.75) is 211 Å². The maximum absolute atomic E-state index is 7.29. The molecule has 276 valence electrons. The zero-order valence-corrected chi connectivity index (χ0v) is 32.3. The number of nitrogens with zero attached hydrogens (tertiary/aromatic N) is 7. The Morgan fingerprint density at radius 2 is 1.22 bits per heavy atom. The van der Waals surface area contributed by atoms with Crippen LogP contribution in [0.25, 0.3) is 0 Å². The predicted octanol–water partition coefficient (Wildman–Crippen LogP) is 9.06. The minimum absolute atomic E-state index is 0.182. The molecule has 4 atom stereocenters. The quantitative estimate of drug-likeness (QED) is 0.241. The Bertz CT molecular complexity index is 1260. The molecule has 0 N–H and O–H groups in total. The summed E-state index contributed by atoms with van der Waals surface area (Å²) in [5.74, 6) is 2.49. The van der Waals surface area contributed by atoms with Gasteiger partial charge in [-0.25, -0.2) is 0 Å². The van der Waals surface area contributed by atoms with Crippen molar-refractivity contribution in [3.05, 3.63) is 18.1 Å². The first kappa shape index (κ1) is 36.8. The zero-order valence-electron chi connectivity index (χ0n) is 32.3. The summed E-state index contributed by atoms with van der Waals surface area (Å²) in [5.41, 5.74) is 0.366. The second-order valence-corrected chi connectivity index (χ2v) is 17.6. The summed E-state index contributed by atoms with van der Waals surface area (Å²) in [5, 5.41) is 4.83. The van der Waals surface area contributed by atoms with Gasteiger partial charge in [0.25, 0.3) is 0 Å². The van der Waals surface area contributed by atoms with Gasteiger partial charge in [-0.2, -0.15) is 20.0 Å². The van der Waals surface area contributed by atoms with E-state index >= 15 is 0 Å². The fourth-order valence-corrected chi connectivity index (χ4v) is 10.4. The van der Waals surface area contributed by atoms with E-state index in [9.17, 15) is 0 Å². The van der Waals surface area contributed by atoms with E-state index in [1.165, 1.54) is 38.5 Å². The van der Waals surface area contributed by atoms with Crippen LogP contribution in [0.4, 0.5) is 11.9 Å². The standard InChI is InChI=1S/C40H69N7O2/c1-9-11-23-44-32-25-30(3)46(48-34-19-15-13-16-20-34)39(7,27-32)29-40(8)28-33(26-38(5,6)47(40)49-35-21-17-14-18-22-35)45(24-12-10-2)37-42-31(4)41-36(44)43-37/h32-35H,3,9-29H2,1-2,4-8H3. The molecule has 9 nitrogen and oxygen atoms in total. The molecule has 0 amide bonds.